The molecule has 8 rings (SSSR count). The minimum Gasteiger partial charge on any atom is -0.494 e. The quantitative estimate of drug-likeness (QED) is 0.559. The Bertz CT molecular complexity index is 1140. The van der Waals surface area contributed by atoms with Crippen LogP contribution in [0.25, 0.3) is 0 Å². The number of carbonyl (C=O) groups excluding carboxylic acids is 2. The number of hydrogen-bond donors (Lipinski definition) is 3. The summed E-state index contributed by atoms with van der Waals surface area (Å²) in [5.41, 5.74) is 4.08. The van der Waals surface area contributed by atoms with Gasteiger partial charge in [0, 0.05) is 6.04 Å². The maximum absolute atomic E-state index is 14.0. The second kappa shape index (κ2) is 6.44. The number of nitrogens with two attached hydrogens (primary N) is 1. The fourth-order valence-corrected chi connectivity index (χ4v) is 8.82. The third-order valence-corrected chi connectivity index (χ3v) is 10.1. The van der Waals surface area contributed by atoms with Crippen LogP contribution in [-0.4, -0.2) is 38.9 Å². The minimum absolute atomic E-state index is 0.0710. The van der Waals surface area contributed by atoms with Crippen LogP contribution in [0.15, 0.2) is 23.1 Å². The number of carbonyl (C=O) groups is 2. The molecule has 1 aromatic carbocycles. The van der Waals surface area contributed by atoms with Crippen LogP contribution in [0.3, 0.4) is 0 Å². The number of ether oxygens (including phenoxy) is 1. The molecule has 6 unspecified atom stereocenters. The van der Waals surface area contributed by atoms with Crippen molar-refractivity contribution in [3.8, 4) is 5.75 Å². The maximum Gasteiger partial charge on any atom is 0.241 e. The van der Waals surface area contributed by atoms with Gasteiger partial charge in [-0.15, -0.1) is 0 Å². The number of halogens is 1. The monoisotopic (exact) mass is 465 g/mol. The van der Waals surface area contributed by atoms with Crippen molar-refractivity contribution < 1.29 is 27.1 Å². The van der Waals surface area contributed by atoms with Crippen LogP contribution in [0.2, 0.25) is 0 Å². The van der Waals surface area contributed by atoms with Gasteiger partial charge in [-0.05, 0) is 80.9 Å². The molecule has 7 aliphatic rings. The molecule has 0 aromatic heterocycles. The highest BCUT2D eigenvalue weighted by Gasteiger charge is 2.82. The normalized spacial score (nSPS) is 36.6. The number of nitrogens with one attached hydrogen (secondary N) is 2. The summed E-state index contributed by atoms with van der Waals surface area (Å²) >= 11 is 0. The molecule has 8 nitrogen and oxygen atoms in total. The summed E-state index contributed by atoms with van der Waals surface area (Å²) in [6.45, 7) is 2.96. The third-order valence-electron chi connectivity index (χ3n) is 8.44. The van der Waals surface area contributed by atoms with Crippen LogP contribution >= 0.6 is 0 Å². The van der Waals surface area contributed by atoms with Crippen LogP contribution in [-0.2, 0) is 19.6 Å². The highest BCUT2D eigenvalue weighted by atomic mass is 32.2. The maximum atomic E-state index is 14.0. The predicted octanol–water partition coefficient (Wildman–Crippen LogP) is 1.30. The average molecular weight is 466 g/mol. The lowest BCUT2D eigenvalue weighted by atomic mass is 9.21. The first-order chi connectivity index (χ1) is 14.9. The molecule has 32 heavy (non-hydrogen) atoms. The SMILES string of the molecule is COc1ccc(S(=O)(=O)NC(C)(C)C(=O)NC2C3CC45CC2C4C(C(N)=O)(C3)C5)cc1F. The van der Waals surface area contributed by atoms with Gasteiger partial charge in [-0.2, -0.15) is 4.72 Å². The van der Waals surface area contributed by atoms with Gasteiger partial charge in [-0.25, -0.2) is 12.8 Å². The van der Waals surface area contributed by atoms with Crippen molar-refractivity contribution in [3.05, 3.63) is 24.0 Å². The Kier molecular flexibility index (Phi) is 4.35. The number of amides is 2. The molecule has 1 spiro atoms. The summed E-state index contributed by atoms with van der Waals surface area (Å²) in [7, 11) is -2.87. The van der Waals surface area contributed by atoms with Crippen molar-refractivity contribution >= 4 is 21.8 Å². The van der Waals surface area contributed by atoms with Gasteiger partial charge in [0.05, 0.1) is 17.4 Å². The van der Waals surface area contributed by atoms with Crippen LogP contribution in [0, 0.1) is 34.4 Å². The molecule has 6 atom stereocenters. The van der Waals surface area contributed by atoms with Gasteiger partial charge < -0.3 is 15.8 Å². The zero-order chi connectivity index (χ0) is 23.3. The molecule has 7 fully saturated rings. The summed E-state index contributed by atoms with van der Waals surface area (Å²) in [4.78, 5) is 25.0. The molecule has 4 N–H and O–H groups in total. The first-order valence-electron chi connectivity index (χ1n) is 10.8. The van der Waals surface area contributed by atoms with Gasteiger partial charge in [0.1, 0.15) is 5.54 Å². The summed E-state index contributed by atoms with van der Waals surface area (Å²) in [5.74, 6) is -0.949. The Hall–Kier alpha value is -2.20. The van der Waals surface area contributed by atoms with Crippen LogP contribution < -0.4 is 20.5 Å². The van der Waals surface area contributed by atoms with Crippen molar-refractivity contribution in [1.29, 1.82) is 0 Å². The smallest absolute Gasteiger partial charge is 0.241 e. The van der Waals surface area contributed by atoms with Crippen LogP contribution in [0.5, 0.6) is 5.75 Å². The largest absolute Gasteiger partial charge is 0.494 e. The molecule has 0 aliphatic heterocycles. The molecule has 7 aliphatic carbocycles. The van der Waals surface area contributed by atoms with E-state index >= 15 is 0 Å². The van der Waals surface area contributed by atoms with Crippen molar-refractivity contribution in [2.45, 2.75) is 56.0 Å². The number of methoxy groups -OCH3 is 1. The second-order valence-electron chi connectivity index (χ2n) is 10.6. The van der Waals surface area contributed by atoms with Gasteiger partial charge in [-0.3, -0.25) is 9.59 Å². The lowest BCUT2D eigenvalue weighted by Crippen LogP contribution is -2.83. The molecule has 5 bridgehead atoms. The van der Waals surface area contributed by atoms with E-state index in [1.165, 1.54) is 33.1 Å². The number of primary amides is 1. The summed E-state index contributed by atoms with van der Waals surface area (Å²) < 4.78 is 46.8. The van der Waals surface area contributed by atoms with Crippen molar-refractivity contribution in [3.63, 3.8) is 0 Å². The Morgan fingerprint density at radius 1 is 1.25 bits per heavy atom. The number of benzene rings is 1. The summed E-state index contributed by atoms with van der Waals surface area (Å²) in [6.07, 6.45) is 3.52. The molecule has 2 amide bonds. The van der Waals surface area contributed by atoms with Crippen molar-refractivity contribution in [2.24, 2.45) is 34.3 Å². The minimum atomic E-state index is -4.16. The fourth-order valence-electron chi connectivity index (χ4n) is 7.43. The molecule has 7 saturated carbocycles. The van der Waals surface area contributed by atoms with Gasteiger partial charge in [0.25, 0.3) is 0 Å². The van der Waals surface area contributed by atoms with Gasteiger partial charge in [-0.1, -0.05) is 0 Å². The zero-order valence-corrected chi connectivity index (χ0v) is 19.1. The molecular formula is C22H28FN3O5S. The van der Waals surface area contributed by atoms with E-state index in [1.54, 1.807) is 0 Å². The second-order valence-corrected chi connectivity index (χ2v) is 12.3. The van der Waals surface area contributed by atoms with E-state index < -0.39 is 32.7 Å². The Labute approximate surface area is 186 Å². The van der Waals surface area contributed by atoms with E-state index in [2.05, 4.69) is 10.0 Å². The lowest BCUT2D eigenvalue weighted by Gasteiger charge is -2.82. The highest BCUT2D eigenvalue weighted by molar-refractivity contribution is 7.89. The molecule has 0 saturated heterocycles. The van der Waals surface area contributed by atoms with E-state index in [-0.39, 0.29) is 45.8 Å². The first-order valence-corrected chi connectivity index (χ1v) is 12.3. The standard InChI is InChI=1S/C22H28FN3O5S/c1-20(2,26-32(29,30)12-4-5-15(31-3)14(23)6-12)19(28)25-16-11-7-21-9-13(16)17(21)22(8-11,10-21)18(24)27/h4-6,11,13,16-17,26H,7-10H2,1-3H3,(H2,24,27)(H,25,28). The highest BCUT2D eigenvalue weighted by Crippen LogP contribution is 2.84. The van der Waals surface area contributed by atoms with Gasteiger partial charge >= 0.3 is 0 Å². The van der Waals surface area contributed by atoms with E-state index in [1.807, 2.05) is 0 Å². The van der Waals surface area contributed by atoms with E-state index in [9.17, 15) is 22.4 Å². The van der Waals surface area contributed by atoms with Gasteiger partial charge in [0.15, 0.2) is 11.6 Å². The number of sulfonamides is 1. The molecule has 1 aromatic rings. The van der Waals surface area contributed by atoms with Crippen LogP contribution in [0.4, 0.5) is 4.39 Å². The van der Waals surface area contributed by atoms with Gasteiger partial charge in [0.2, 0.25) is 21.8 Å². The van der Waals surface area contributed by atoms with Crippen molar-refractivity contribution in [1.82, 2.24) is 10.0 Å². The molecule has 0 heterocycles. The summed E-state index contributed by atoms with van der Waals surface area (Å²) in [6, 6.07) is 3.21. The third kappa shape index (κ3) is 2.71. The lowest BCUT2D eigenvalue weighted by molar-refractivity contribution is -0.326. The predicted molar refractivity (Wildman–Crippen MR) is 112 cm³/mol. The number of rotatable bonds is 7. The zero-order valence-electron chi connectivity index (χ0n) is 18.3. The summed E-state index contributed by atoms with van der Waals surface area (Å²) in [5, 5.41) is 3.06. The van der Waals surface area contributed by atoms with E-state index in [0.29, 0.717) is 6.42 Å². The molecule has 174 valence electrons. The molecular weight excluding hydrogens is 437 g/mol. The van der Waals surface area contributed by atoms with Crippen LogP contribution in [0.1, 0.15) is 39.5 Å². The average Bonchev–Trinajstić information content (AvgIpc) is 2.68. The van der Waals surface area contributed by atoms with Crippen molar-refractivity contribution in [2.75, 3.05) is 7.11 Å². The molecule has 10 heteroatoms. The topological polar surface area (TPSA) is 128 Å². The van der Waals surface area contributed by atoms with E-state index in [4.69, 9.17) is 10.5 Å². The Morgan fingerprint density at radius 2 is 1.97 bits per heavy atom. The Morgan fingerprint density at radius 3 is 2.56 bits per heavy atom. The Balaban J connectivity index is 1.30. The van der Waals surface area contributed by atoms with E-state index in [0.717, 1.165) is 25.3 Å². The number of hydrogen-bond acceptors (Lipinski definition) is 5. The molecule has 0 radical (unpaired) electrons. The first kappa shape index (κ1) is 21.6. The fraction of sp³-hybridized carbons (Fsp3) is 0.636.